The van der Waals surface area contributed by atoms with E-state index in [4.69, 9.17) is 4.74 Å². The minimum Gasteiger partial charge on any atom is -0.494 e. The molecule has 0 aliphatic carbocycles. The summed E-state index contributed by atoms with van der Waals surface area (Å²) < 4.78 is 6.01. The van der Waals surface area contributed by atoms with Gasteiger partial charge in [-0.2, -0.15) is 0 Å². The number of piperidine rings is 1. The maximum atomic E-state index is 6.01. The van der Waals surface area contributed by atoms with Gasteiger partial charge in [0.05, 0.1) is 6.61 Å². The molecule has 0 N–H and O–H groups in total. The molecule has 1 aliphatic heterocycles. The predicted molar refractivity (Wildman–Crippen MR) is 133 cm³/mol. The van der Waals surface area contributed by atoms with Gasteiger partial charge in [-0.05, 0) is 61.2 Å². The van der Waals surface area contributed by atoms with Gasteiger partial charge in [0.1, 0.15) is 5.75 Å². The molecule has 0 bridgehead atoms. The Hall–Kier alpha value is -2.62. The predicted octanol–water partition coefficient (Wildman–Crippen LogP) is 6.14. The van der Waals surface area contributed by atoms with Crippen molar-refractivity contribution in [2.24, 2.45) is 0 Å². The topological polar surface area (TPSA) is 15.7 Å². The summed E-state index contributed by atoms with van der Waals surface area (Å²) in [5.74, 6) is 0.977. The Kier molecular flexibility index (Phi) is 8.76. The molecule has 0 aromatic heterocycles. The minimum absolute atomic E-state index is 0.796. The van der Waals surface area contributed by atoms with Crippen LogP contribution in [0.2, 0.25) is 0 Å². The van der Waals surface area contributed by atoms with Crippen molar-refractivity contribution < 1.29 is 4.74 Å². The van der Waals surface area contributed by atoms with Crippen LogP contribution < -0.4 is 4.74 Å². The average Bonchev–Trinajstić information content (AvgIpc) is 2.85. The molecule has 0 atom stereocenters. The molecule has 3 heteroatoms. The first-order valence-electron chi connectivity index (χ1n) is 12.1. The monoisotopic (exact) mass is 428 g/mol. The third-order valence-corrected chi connectivity index (χ3v) is 6.16. The van der Waals surface area contributed by atoms with Crippen LogP contribution in [0.1, 0.15) is 42.4 Å². The van der Waals surface area contributed by atoms with Crippen molar-refractivity contribution >= 4 is 0 Å². The normalized spacial score (nSPS) is 14.5. The van der Waals surface area contributed by atoms with E-state index < -0.39 is 0 Å². The zero-order chi connectivity index (χ0) is 21.8. The average molecular weight is 429 g/mol. The Morgan fingerprint density at radius 2 is 1.16 bits per heavy atom. The third-order valence-electron chi connectivity index (χ3n) is 6.16. The van der Waals surface area contributed by atoms with Gasteiger partial charge in [0, 0.05) is 26.2 Å². The highest BCUT2D eigenvalue weighted by molar-refractivity contribution is 5.27. The molecule has 0 spiro atoms. The van der Waals surface area contributed by atoms with Crippen LogP contribution in [-0.2, 0) is 19.6 Å². The van der Waals surface area contributed by atoms with E-state index in [0.29, 0.717) is 0 Å². The van der Waals surface area contributed by atoms with Crippen LogP contribution in [0.3, 0.4) is 0 Å². The summed E-state index contributed by atoms with van der Waals surface area (Å²) in [6.07, 6.45) is 5.21. The summed E-state index contributed by atoms with van der Waals surface area (Å²) in [4.78, 5) is 5.07. The van der Waals surface area contributed by atoms with E-state index >= 15 is 0 Å². The van der Waals surface area contributed by atoms with Crippen molar-refractivity contribution in [2.75, 3.05) is 26.2 Å². The molecule has 1 fully saturated rings. The Labute approximate surface area is 193 Å². The number of rotatable bonds is 11. The quantitative estimate of drug-likeness (QED) is 0.341. The fourth-order valence-corrected chi connectivity index (χ4v) is 4.46. The first-order valence-corrected chi connectivity index (χ1v) is 12.1. The van der Waals surface area contributed by atoms with E-state index in [1.165, 1.54) is 49.0 Å². The Morgan fingerprint density at radius 1 is 0.625 bits per heavy atom. The molecule has 3 aromatic carbocycles. The second-order valence-corrected chi connectivity index (χ2v) is 8.86. The highest BCUT2D eigenvalue weighted by atomic mass is 16.5. The van der Waals surface area contributed by atoms with Crippen molar-refractivity contribution in [1.82, 2.24) is 9.80 Å². The van der Waals surface area contributed by atoms with E-state index in [0.717, 1.165) is 45.0 Å². The van der Waals surface area contributed by atoms with Crippen LogP contribution in [0.4, 0.5) is 0 Å². The maximum absolute atomic E-state index is 6.01. The number of nitrogens with zero attached hydrogens (tertiary/aromatic N) is 2. The van der Waals surface area contributed by atoms with Crippen molar-refractivity contribution in [2.45, 2.75) is 45.3 Å². The van der Waals surface area contributed by atoms with Crippen molar-refractivity contribution in [3.05, 3.63) is 102 Å². The molecule has 3 nitrogen and oxygen atoms in total. The molecule has 0 amide bonds. The van der Waals surface area contributed by atoms with Gasteiger partial charge in [0.25, 0.3) is 0 Å². The van der Waals surface area contributed by atoms with E-state index in [-0.39, 0.29) is 0 Å². The zero-order valence-corrected chi connectivity index (χ0v) is 19.2. The number of hydrogen-bond donors (Lipinski definition) is 0. The van der Waals surface area contributed by atoms with Gasteiger partial charge < -0.3 is 9.64 Å². The second kappa shape index (κ2) is 12.4. The van der Waals surface area contributed by atoms with Crippen LogP contribution in [0.15, 0.2) is 84.9 Å². The lowest BCUT2D eigenvalue weighted by Crippen LogP contribution is -2.31. The van der Waals surface area contributed by atoms with E-state index in [1.54, 1.807) is 0 Å². The third kappa shape index (κ3) is 7.51. The SMILES string of the molecule is c1ccc(CN(Cc2ccccc2)Cc2ccc(OCCCN3CCCCC3)cc2)cc1. The van der Waals surface area contributed by atoms with Crippen LogP contribution in [-0.4, -0.2) is 36.0 Å². The fraction of sp³-hybridized carbons (Fsp3) is 0.379. The lowest BCUT2D eigenvalue weighted by atomic mass is 10.1. The lowest BCUT2D eigenvalue weighted by Gasteiger charge is -2.26. The lowest BCUT2D eigenvalue weighted by molar-refractivity contribution is 0.205. The van der Waals surface area contributed by atoms with Gasteiger partial charge in [0.2, 0.25) is 0 Å². The van der Waals surface area contributed by atoms with Gasteiger partial charge in [-0.3, -0.25) is 4.90 Å². The van der Waals surface area contributed by atoms with Gasteiger partial charge in [-0.25, -0.2) is 0 Å². The molecule has 168 valence electrons. The highest BCUT2D eigenvalue weighted by Gasteiger charge is 2.10. The molecule has 0 radical (unpaired) electrons. The summed E-state index contributed by atoms with van der Waals surface area (Å²) in [6, 6.07) is 30.1. The number of benzene rings is 3. The molecule has 4 rings (SSSR count). The summed E-state index contributed by atoms with van der Waals surface area (Å²) in [5, 5.41) is 0. The summed E-state index contributed by atoms with van der Waals surface area (Å²) >= 11 is 0. The van der Waals surface area contributed by atoms with Crippen LogP contribution >= 0.6 is 0 Å². The van der Waals surface area contributed by atoms with Crippen molar-refractivity contribution in [3.8, 4) is 5.75 Å². The van der Waals surface area contributed by atoms with Gasteiger partial charge in [0.15, 0.2) is 0 Å². The Bertz CT molecular complexity index is 848. The van der Waals surface area contributed by atoms with Gasteiger partial charge in [-0.1, -0.05) is 79.2 Å². The largest absolute Gasteiger partial charge is 0.494 e. The summed E-state index contributed by atoms with van der Waals surface area (Å²) in [7, 11) is 0. The summed E-state index contributed by atoms with van der Waals surface area (Å²) in [6.45, 7) is 7.26. The molecule has 32 heavy (non-hydrogen) atoms. The van der Waals surface area contributed by atoms with Crippen molar-refractivity contribution in [1.29, 1.82) is 0 Å². The fourth-order valence-electron chi connectivity index (χ4n) is 4.46. The number of hydrogen-bond acceptors (Lipinski definition) is 3. The molecule has 1 saturated heterocycles. The highest BCUT2D eigenvalue weighted by Crippen LogP contribution is 2.18. The van der Waals surface area contributed by atoms with Crippen molar-refractivity contribution in [3.63, 3.8) is 0 Å². The molecule has 1 aliphatic rings. The second-order valence-electron chi connectivity index (χ2n) is 8.86. The van der Waals surface area contributed by atoms with Gasteiger partial charge in [-0.15, -0.1) is 0 Å². The Morgan fingerprint density at radius 3 is 1.72 bits per heavy atom. The molecular formula is C29H36N2O. The van der Waals surface area contributed by atoms with Gasteiger partial charge >= 0.3 is 0 Å². The first kappa shape index (κ1) is 22.6. The standard InChI is InChI=1S/C29H36N2O/c1-4-11-26(12-5-1)23-31(24-27-13-6-2-7-14-27)25-28-15-17-29(18-16-28)32-22-10-21-30-19-8-3-9-20-30/h1-2,4-7,11-18H,3,8-10,19-25H2. The first-order chi connectivity index (χ1) is 15.8. The molecular weight excluding hydrogens is 392 g/mol. The molecule has 0 unspecified atom stereocenters. The van der Waals surface area contributed by atoms with E-state index in [2.05, 4.69) is 94.7 Å². The van der Waals surface area contributed by atoms with Crippen LogP contribution in [0.5, 0.6) is 5.75 Å². The molecule has 1 heterocycles. The molecule has 3 aromatic rings. The smallest absolute Gasteiger partial charge is 0.119 e. The summed E-state index contributed by atoms with van der Waals surface area (Å²) in [5.41, 5.74) is 4.01. The minimum atomic E-state index is 0.796. The maximum Gasteiger partial charge on any atom is 0.119 e. The van der Waals surface area contributed by atoms with E-state index in [9.17, 15) is 0 Å². The Balaban J connectivity index is 1.29. The van der Waals surface area contributed by atoms with Crippen LogP contribution in [0, 0.1) is 0 Å². The molecule has 0 saturated carbocycles. The van der Waals surface area contributed by atoms with E-state index in [1.807, 2.05) is 0 Å². The number of ether oxygens (including phenoxy) is 1. The van der Waals surface area contributed by atoms with Crippen LogP contribution in [0.25, 0.3) is 0 Å². The zero-order valence-electron chi connectivity index (χ0n) is 19.2. The number of likely N-dealkylation sites (tertiary alicyclic amines) is 1.